The number of hydrogen-bond donors (Lipinski definition) is 2. The second-order valence-electron chi connectivity index (χ2n) is 5.82. The molecule has 1 saturated carbocycles. The molecule has 0 unspecified atom stereocenters. The van der Waals surface area contributed by atoms with Gasteiger partial charge >= 0.3 is 0 Å². The van der Waals surface area contributed by atoms with Crippen LogP contribution in [-0.4, -0.2) is 43.4 Å². The maximum absolute atomic E-state index is 12.2. The predicted octanol–water partition coefficient (Wildman–Crippen LogP) is 0.941. The van der Waals surface area contributed by atoms with Gasteiger partial charge in [0.15, 0.2) is 0 Å². The van der Waals surface area contributed by atoms with Crippen LogP contribution in [0.5, 0.6) is 0 Å². The summed E-state index contributed by atoms with van der Waals surface area (Å²) in [6, 6.07) is 0.729. The van der Waals surface area contributed by atoms with E-state index in [1.54, 1.807) is 16.0 Å². The van der Waals surface area contributed by atoms with E-state index in [2.05, 4.69) is 15.0 Å². The fourth-order valence-electron chi connectivity index (χ4n) is 2.56. The Morgan fingerprint density at radius 2 is 2.05 bits per heavy atom. The third-order valence-electron chi connectivity index (χ3n) is 4.10. The van der Waals surface area contributed by atoms with Crippen molar-refractivity contribution in [3.8, 4) is 0 Å². The van der Waals surface area contributed by atoms with Crippen LogP contribution in [0.3, 0.4) is 0 Å². The summed E-state index contributed by atoms with van der Waals surface area (Å²) >= 11 is 1.46. The highest BCUT2D eigenvalue weighted by molar-refractivity contribution is 7.87. The molecule has 1 aromatic heterocycles. The van der Waals surface area contributed by atoms with Crippen molar-refractivity contribution in [2.24, 2.45) is 5.92 Å². The second kappa shape index (κ2) is 6.70. The normalized spacial score (nSPS) is 21.7. The van der Waals surface area contributed by atoms with Crippen LogP contribution >= 0.6 is 11.3 Å². The molecule has 1 saturated heterocycles. The van der Waals surface area contributed by atoms with E-state index in [-0.39, 0.29) is 0 Å². The lowest BCUT2D eigenvalue weighted by molar-refractivity contribution is 0.264. The molecule has 2 N–H and O–H groups in total. The Balaban J connectivity index is 1.43. The minimum atomic E-state index is -3.36. The van der Waals surface area contributed by atoms with Crippen LogP contribution in [0.15, 0.2) is 11.7 Å². The predicted molar refractivity (Wildman–Crippen MR) is 83.2 cm³/mol. The van der Waals surface area contributed by atoms with Gasteiger partial charge in [0, 0.05) is 36.8 Å². The molecule has 0 aromatic carbocycles. The number of rotatable bonds is 7. The number of nitrogens with one attached hydrogen (secondary N) is 2. The molecule has 1 aromatic rings. The Morgan fingerprint density at radius 1 is 1.29 bits per heavy atom. The van der Waals surface area contributed by atoms with Gasteiger partial charge < -0.3 is 5.32 Å². The summed E-state index contributed by atoms with van der Waals surface area (Å²) in [7, 11) is -3.36. The van der Waals surface area contributed by atoms with Crippen LogP contribution in [0.2, 0.25) is 0 Å². The average molecular weight is 330 g/mol. The smallest absolute Gasteiger partial charge is 0.279 e. The van der Waals surface area contributed by atoms with Crippen LogP contribution in [0.25, 0.3) is 0 Å². The highest BCUT2D eigenvalue weighted by Gasteiger charge is 2.29. The highest BCUT2D eigenvalue weighted by Crippen LogP contribution is 2.22. The van der Waals surface area contributed by atoms with Crippen LogP contribution in [0.4, 0.5) is 0 Å². The average Bonchev–Trinajstić information content (AvgIpc) is 3.17. The van der Waals surface area contributed by atoms with E-state index in [1.807, 2.05) is 0 Å². The Kier molecular flexibility index (Phi) is 4.90. The van der Waals surface area contributed by atoms with Gasteiger partial charge in [0.05, 0.1) is 5.51 Å². The third kappa shape index (κ3) is 4.46. The van der Waals surface area contributed by atoms with Gasteiger partial charge in [-0.25, -0.2) is 0 Å². The van der Waals surface area contributed by atoms with Gasteiger partial charge in [-0.15, -0.1) is 11.3 Å². The number of hydrogen-bond acceptors (Lipinski definition) is 5. The van der Waals surface area contributed by atoms with Gasteiger partial charge in [-0.1, -0.05) is 0 Å². The van der Waals surface area contributed by atoms with Crippen molar-refractivity contribution >= 4 is 21.5 Å². The van der Waals surface area contributed by atoms with Gasteiger partial charge in [-0.2, -0.15) is 17.4 Å². The lowest BCUT2D eigenvalue weighted by Gasteiger charge is -2.31. The molecular weight excluding hydrogens is 308 g/mol. The van der Waals surface area contributed by atoms with Gasteiger partial charge in [0.25, 0.3) is 10.2 Å². The maximum atomic E-state index is 12.2. The Bertz CT molecular complexity index is 535. The van der Waals surface area contributed by atoms with Crippen molar-refractivity contribution in [3.63, 3.8) is 0 Å². The van der Waals surface area contributed by atoms with Crippen LogP contribution in [0.1, 0.15) is 30.6 Å². The van der Waals surface area contributed by atoms with E-state index < -0.39 is 10.2 Å². The number of nitrogens with zero attached hydrogens (tertiary/aromatic N) is 2. The highest BCUT2D eigenvalue weighted by atomic mass is 32.2. The van der Waals surface area contributed by atoms with E-state index in [4.69, 9.17) is 0 Å². The molecule has 2 aliphatic rings. The summed E-state index contributed by atoms with van der Waals surface area (Å²) in [5, 5.41) is 3.53. The van der Waals surface area contributed by atoms with E-state index in [1.165, 1.54) is 24.2 Å². The molecule has 0 amide bonds. The number of piperidine rings is 1. The third-order valence-corrected chi connectivity index (χ3v) is 6.43. The van der Waals surface area contributed by atoms with E-state index >= 15 is 0 Å². The van der Waals surface area contributed by atoms with Crippen molar-refractivity contribution in [1.82, 2.24) is 19.3 Å². The first-order chi connectivity index (χ1) is 10.1. The first kappa shape index (κ1) is 15.4. The zero-order valence-corrected chi connectivity index (χ0v) is 13.6. The summed E-state index contributed by atoms with van der Waals surface area (Å²) in [5.41, 5.74) is 1.71. The second-order valence-corrected chi connectivity index (χ2v) is 8.54. The quantitative estimate of drug-likeness (QED) is 0.780. The van der Waals surface area contributed by atoms with E-state index in [0.29, 0.717) is 25.6 Å². The number of thiazole rings is 1. The molecule has 6 nitrogen and oxygen atoms in total. The van der Waals surface area contributed by atoms with E-state index in [9.17, 15) is 8.42 Å². The molecule has 8 heteroatoms. The van der Waals surface area contributed by atoms with Crippen LogP contribution < -0.4 is 10.0 Å². The fraction of sp³-hybridized carbons (Fsp3) is 0.769. The molecule has 0 spiro atoms. The van der Waals surface area contributed by atoms with Crippen molar-refractivity contribution in [3.05, 3.63) is 16.6 Å². The monoisotopic (exact) mass is 330 g/mol. The first-order valence-corrected chi connectivity index (χ1v) is 9.81. The topological polar surface area (TPSA) is 74.3 Å². The van der Waals surface area contributed by atoms with Crippen LogP contribution in [-0.2, 0) is 16.8 Å². The van der Waals surface area contributed by atoms with Crippen molar-refractivity contribution in [2.75, 3.05) is 19.6 Å². The molecule has 3 rings (SSSR count). The Hall–Kier alpha value is -0.540. The Morgan fingerprint density at radius 3 is 2.67 bits per heavy atom. The molecule has 2 fully saturated rings. The Labute approximate surface area is 130 Å². The van der Waals surface area contributed by atoms with Gasteiger partial charge in [-0.05, 0) is 38.1 Å². The van der Waals surface area contributed by atoms with Crippen molar-refractivity contribution in [2.45, 2.75) is 38.3 Å². The molecule has 118 valence electrons. The zero-order valence-electron chi connectivity index (χ0n) is 12.0. The summed E-state index contributed by atoms with van der Waals surface area (Å²) in [6.07, 6.45) is 6.19. The summed E-state index contributed by atoms with van der Waals surface area (Å²) in [6.45, 7) is 2.60. The summed E-state index contributed by atoms with van der Waals surface area (Å²) in [4.78, 5) is 4.88. The molecular formula is C13H22N4O2S2. The van der Waals surface area contributed by atoms with Crippen molar-refractivity contribution in [1.29, 1.82) is 0 Å². The summed E-state index contributed by atoms with van der Waals surface area (Å²) in [5.74, 6) is 0.610. The van der Waals surface area contributed by atoms with Gasteiger partial charge in [-0.3, -0.25) is 4.98 Å². The fourth-order valence-corrected chi connectivity index (χ4v) is 4.40. The lowest BCUT2D eigenvalue weighted by Crippen LogP contribution is -2.45. The van der Waals surface area contributed by atoms with Crippen molar-refractivity contribution < 1.29 is 8.42 Å². The zero-order chi connectivity index (χ0) is 14.7. The maximum Gasteiger partial charge on any atom is 0.279 e. The largest absolute Gasteiger partial charge is 0.314 e. The molecule has 2 heterocycles. The lowest BCUT2D eigenvalue weighted by atomic mass is 9.98. The molecule has 0 bridgehead atoms. The SMILES string of the molecule is O=S(=O)(NCc1cncs1)N1CCC(CNC2CC2)CC1. The van der Waals surface area contributed by atoms with E-state index in [0.717, 1.165) is 30.3 Å². The van der Waals surface area contributed by atoms with Gasteiger partial charge in [0.1, 0.15) is 0 Å². The standard InChI is InChI=1S/C13H22N4O2S2/c18-21(19,16-9-13-8-14-10-20-13)17-5-3-11(4-6-17)7-15-12-1-2-12/h8,10-12,15-16H,1-7,9H2. The van der Waals surface area contributed by atoms with Crippen LogP contribution in [0, 0.1) is 5.92 Å². The molecule has 1 aliphatic heterocycles. The summed E-state index contributed by atoms with van der Waals surface area (Å²) < 4.78 is 28.7. The minimum Gasteiger partial charge on any atom is -0.314 e. The molecule has 0 atom stereocenters. The van der Waals surface area contributed by atoms with Gasteiger partial charge in [0.2, 0.25) is 0 Å². The minimum absolute atomic E-state index is 0.330. The molecule has 0 radical (unpaired) electrons. The first-order valence-electron chi connectivity index (χ1n) is 7.49. The molecule has 1 aliphatic carbocycles. The number of aromatic nitrogens is 1. The molecule has 21 heavy (non-hydrogen) atoms.